The van der Waals surface area contributed by atoms with Crippen LogP contribution in [0.4, 0.5) is 0 Å². The molecule has 1 amide bonds. The van der Waals surface area contributed by atoms with Gasteiger partial charge in [0.25, 0.3) is 0 Å². The predicted molar refractivity (Wildman–Crippen MR) is 129 cm³/mol. The van der Waals surface area contributed by atoms with E-state index in [1.807, 2.05) is 4.90 Å². The van der Waals surface area contributed by atoms with Gasteiger partial charge in [-0.25, -0.2) is 0 Å². The molecular formula is C26H30N4O. The van der Waals surface area contributed by atoms with Gasteiger partial charge in [-0.2, -0.15) is 0 Å². The molecule has 5 nitrogen and oxygen atoms in total. The van der Waals surface area contributed by atoms with Gasteiger partial charge < -0.3 is 20.9 Å². The van der Waals surface area contributed by atoms with E-state index in [4.69, 9.17) is 0 Å². The number of hydrogen-bond donors (Lipinski definition) is 3. The SMILES string of the molecule is O=C(Cc1ccc2ccc3cccc4ccc1c2c34)N1CCNCCNCCNCC1. The molecule has 0 spiro atoms. The fourth-order valence-corrected chi connectivity index (χ4v) is 4.74. The molecule has 1 aliphatic rings. The highest BCUT2D eigenvalue weighted by atomic mass is 16.2. The second-order valence-electron chi connectivity index (χ2n) is 8.39. The fraction of sp³-hybridized carbons (Fsp3) is 0.346. The molecule has 0 unspecified atom stereocenters. The summed E-state index contributed by atoms with van der Waals surface area (Å²) in [6.45, 7) is 6.90. The molecule has 1 saturated heterocycles. The first-order valence-corrected chi connectivity index (χ1v) is 11.4. The Morgan fingerprint density at radius 1 is 0.677 bits per heavy atom. The summed E-state index contributed by atoms with van der Waals surface area (Å²) < 4.78 is 0. The highest BCUT2D eigenvalue weighted by Gasteiger charge is 2.17. The Morgan fingerprint density at radius 2 is 1.23 bits per heavy atom. The van der Waals surface area contributed by atoms with Gasteiger partial charge in [0.1, 0.15) is 0 Å². The van der Waals surface area contributed by atoms with Crippen LogP contribution >= 0.6 is 0 Å². The van der Waals surface area contributed by atoms with Crippen LogP contribution in [0.5, 0.6) is 0 Å². The van der Waals surface area contributed by atoms with Crippen LogP contribution in [-0.4, -0.2) is 63.2 Å². The van der Waals surface area contributed by atoms with Gasteiger partial charge >= 0.3 is 0 Å². The van der Waals surface area contributed by atoms with Crippen LogP contribution in [0, 0.1) is 0 Å². The fourth-order valence-electron chi connectivity index (χ4n) is 4.74. The Labute approximate surface area is 183 Å². The summed E-state index contributed by atoms with van der Waals surface area (Å²) >= 11 is 0. The average molecular weight is 415 g/mol. The van der Waals surface area contributed by atoms with Gasteiger partial charge in [0.2, 0.25) is 5.91 Å². The number of carbonyl (C=O) groups excluding carboxylic acids is 1. The van der Waals surface area contributed by atoms with Gasteiger partial charge in [-0.05, 0) is 37.9 Å². The summed E-state index contributed by atoms with van der Waals surface area (Å²) in [6.07, 6.45) is 0.440. The van der Waals surface area contributed by atoms with Crippen molar-refractivity contribution in [2.45, 2.75) is 6.42 Å². The highest BCUT2D eigenvalue weighted by molar-refractivity contribution is 6.23. The third-order valence-corrected chi connectivity index (χ3v) is 6.39. The van der Waals surface area contributed by atoms with Crippen LogP contribution in [0.15, 0.2) is 54.6 Å². The maximum Gasteiger partial charge on any atom is 0.227 e. The van der Waals surface area contributed by atoms with Crippen molar-refractivity contribution >= 4 is 38.2 Å². The zero-order chi connectivity index (χ0) is 21.0. The van der Waals surface area contributed by atoms with E-state index in [0.717, 1.165) is 57.9 Å². The van der Waals surface area contributed by atoms with Crippen LogP contribution in [0.2, 0.25) is 0 Å². The topological polar surface area (TPSA) is 56.4 Å². The standard InChI is InChI=1S/C26H30N4O/c31-24(30-16-14-28-12-10-27-11-13-29-15-17-30)18-22-7-6-21-5-4-19-2-1-3-20-8-9-23(22)26(21)25(19)20/h1-9,27-29H,10-18H2. The van der Waals surface area contributed by atoms with E-state index in [2.05, 4.69) is 70.5 Å². The molecule has 5 rings (SSSR count). The minimum Gasteiger partial charge on any atom is -0.340 e. The van der Waals surface area contributed by atoms with Crippen molar-refractivity contribution < 1.29 is 4.79 Å². The van der Waals surface area contributed by atoms with Crippen molar-refractivity contribution in [2.24, 2.45) is 0 Å². The molecule has 4 aromatic carbocycles. The van der Waals surface area contributed by atoms with Crippen molar-refractivity contribution in [3.8, 4) is 0 Å². The summed E-state index contributed by atoms with van der Waals surface area (Å²) in [5.74, 6) is 0.203. The van der Waals surface area contributed by atoms with Crippen LogP contribution in [0.25, 0.3) is 32.3 Å². The molecule has 0 atom stereocenters. The second-order valence-corrected chi connectivity index (χ2v) is 8.39. The van der Waals surface area contributed by atoms with Crippen molar-refractivity contribution in [3.05, 3.63) is 60.2 Å². The molecular weight excluding hydrogens is 384 g/mol. The van der Waals surface area contributed by atoms with E-state index in [-0.39, 0.29) is 5.91 Å². The minimum absolute atomic E-state index is 0.203. The average Bonchev–Trinajstić information content (AvgIpc) is 2.79. The molecule has 160 valence electrons. The van der Waals surface area contributed by atoms with Gasteiger partial charge in [-0.3, -0.25) is 4.79 Å². The quantitative estimate of drug-likeness (QED) is 0.442. The van der Waals surface area contributed by atoms with Crippen LogP contribution in [0.1, 0.15) is 5.56 Å². The number of nitrogens with one attached hydrogen (secondary N) is 3. The van der Waals surface area contributed by atoms with Crippen molar-refractivity contribution in [1.82, 2.24) is 20.9 Å². The summed E-state index contributed by atoms with van der Waals surface area (Å²) in [5, 5.41) is 17.8. The Balaban J connectivity index is 1.42. The molecule has 0 radical (unpaired) electrons. The molecule has 0 aliphatic carbocycles. The molecule has 3 N–H and O–H groups in total. The number of rotatable bonds is 2. The lowest BCUT2D eigenvalue weighted by molar-refractivity contribution is -0.130. The molecule has 4 aromatic rings. The first-order chi connectivity index (χ1) is 15.3. The molecule has 1 aliphatic heterocycles. The summed E-state index contributed by atoms with van der Waals surface area (Å²) in [5.41, 5.74) is 1.12. The van der Waals surface area contributed by atoms with E-state index in [1.54, 1.807) is 0 Å². The Morgan fingerprint density at radius 3 is 1.90 bits per heavy atom. The monoisotopic (exact) mass is 414 g/mol. The van der Waals surface area contributed by atoms with E-state index in [0.29, 0.717) is 6.42 Å². The first kappa shape index (κ1) is 20.2. The normalized spacial score (nSPS) is 17.1. The summed E-state index contributed by atoms with van der Waals surface area (Å²) in [6, 6.07) is 19.5. The second kappa shape index (κ2) is 9.18. The van der Waals surface area contributed by atoms with Gasteiger partial charge in [-0.1, -0.05) is 54.6 Å². The molecule has 0 bridgehead atoms. The summed E-state index contributed by atoms with van der Waals surface area (Å²) in [4.78, 5) is 15.3. The van der Waals surface area contributed by atoms with Gasteiger partial charge in [0, 0.05) is 52.4 Å². The number of hydrogen-bond acceptors (Lipinski definition) is 4. The third-order valence-electron chi connectivity index (χ3n) is 6.39. The maximum atomic E-state index is 13.3. The van der Waals surface area contributed by atoms with Crippen LogP contribution < -0.4 is 16.0 Å². The Bertz CT molecular complexity index is 1160. The van der Waals surface area contributed by atoms with Gasteiger partial charge in [0.05, 0.1) is 6.42 Å². The van der Waals surface area contributed by atoms with E-state index in [9.17, 15) is 4.79 Å². The number of amides is 1. The summed E-state index contributed by atoms with van der Waals surface area (Å²) in [7, 11) is 0. The lowest BCUT2D eigenvalue weighted by Gasteiger charge is -2.24. The van der Waals surface area contributed by atoms with Gasteiger partial charge in [0.15, 0.2) is 0 Å². The predicted octanol–water partition coefficient (Wildman–Crippen LogP) is 2.74. The number of nitrogens with zero attached hydrogens (tertiary/aromatic N) is 1. The lowest BCUT2D eigenvalue weighted by atomic mass is 9.91. The third kappa shape index (κ3) is 4.22. The Hall–Kier alpha value is -2.73. The molecule has 0 aromatic heterocycles. The first-order valence-electron chi connectivity index (χ1n) is 11.4. The smallest absolute Gasteiger partial charge is 0.227 e. The zero-order valence-electron chi connectivity index (χ0n) is 17.9. The molecule has 0 saturated carbocycles. The van der Waals surface area contributed by atoms with Crippen molar-refractivity contribution in [1.29, 1.82) is 0 Å². The van der Waals surface area contributed by atoms with E-state index >= 15 is 0 Å². The van der Waals surface area contributed by atoms with E-state index in [1.165, 1.54) is 32.3 Å². The van der Waals surface area contributed by atoms with Gasteiger partial charge in [-0.15, -0.1) is 0 Å². The molecule has 5 heteroatoms. The number of carbonyl (C=O) groups is 1. The molecule has 1 heterocycles. The zero-order valence-corrected chi connectivity index (χ0v) is 17.9. The van der Waals surface area contributed by atoms with E-state index < -0.39 is 0 Å². The molecule has 1 fully saturated rings. The largest absolute Gasteiger partial charge is 0.340 e. The molecule has 31 heavy (non-hydrogen) atoms. The van der Waals surface area contributed by atoms with Crippen molar-refractivity contribution in [2.75, 3.05) is 52.4 Å². The lowest BCUT2D eigenvalue weighted by Crippen LogP contribution is -2.44. The Kier molecular flexibility index (Phi) is 5.98. The number of benzene rings is 4. The van der Waals surface area contributed by atoms with Crippen LogP contribution in [0.3, 0.4) is 0 Å². The van der Waals surface area contributed by atoms with Crippen molar-refractivity contribution in [3.63, 3.8) is 0 Å². The highest BCUT2D eigenvalue weighted by Crippen LogP contribution is 2.36. The van der Waals surface area contributed by atoms with Crippen LogP contribution in [-0.2, 0) is 11.2 Å². The minimum atomic E-state index is 0.203. The maximum absolute atomic E-state index is 13.3.